The van der Waals surface area contributed by atoms with E-state index in [9.17, 15) is 4.39 Å². The number of nitrogens with one attached hydrogen (secondary N) is 1. The van der Waals surface area contributed by atoms with Crippen molar-refractivity contribution in [2.45, 2.75) is 6.10 Å². The Morgan fingerprint density at radius 3 is 3.12 bits per heavy atom. The van der Waals surface area contributed by atoms with Gasteiger partial charge in [0, 0.05) is 10.9 Å². The van der Waals surface area contributed by atoms with Crippen molar-refractivity contribution in [3.63, 3.8) is 0 Å². The molecule has 5 heteroatoms. The van der Waals surface area contributed by atoms with Crippen molar-refractivity contribution in [3.05, 3.63) is 45.4 Å². The first-order valence-corrected chi connectivity index (χ1v) is 6.43. The standard InChI is InChI=1S/C12H9ClFNOS/c13-7-4-9-10(5-8(7)14)16-11(6-15-9)12-2-1-3-17-12/h1-5,11,15H,6H2. The molecule has 1 N–H and O–H groups in total. The normalized spacial score (nSPS) is 18.1. The molecule has 2 aromatic rings. The van der Waals surface area contributed by atoms with Crippen molar-refractivity contribution in [2.24, 2.45) is 0 Å². The van der Waals surface area contributed by atoms with Gasteiger partial charge in [-0.3, -0.25) is 0 Å². The van der Waals surface area contributed by atoms with Gasteiger partial charge in [-0.1, -0.05) is 17.7 Å². The first-order chi connectivity index (χ1) is 8.24. The lowest BCUT2D eigenvalue weighted by Gasteiger charge is -2.26. The third-order valence-corrected chi connectivity index (χ3v) is 3.88. The molecule has 1 atom stereocenters. The molecule has 0 bridgehead atoms. The lowest BCUT2D eigenvalue weighted by atomic mass is 10.2. The molecule has 0 fully saturated rings. The van der Waals surface area contributed by atoms with Gasteiger partial charge in [0.1, 0.15) is 11.6 Å². The Bertz CT molecular complexity index is 544. The molecular formula is C12H9ClFNOS. The van der Waals surface area contributed by atoms with E-state index in [4.69, 9.17) is 16.3 Å². The van der Waals surface area contributed by atoms with E-state index < -0.39 is 5.82 Å². The fourth-order valence-corrected chi connectivity index (χ4v) is 2.71. The van der Waals surface area contributed by atoms with Crippen LogP contribution in [0.3, 0.4) is 0 Å². The molecule has 0 saturated heterocycles. The van der Waals surface area contributed by atoms with Crippen LogP contribution in [0.1, 0.15) is 11.0 Å². The summed E-state index contributed by atoms with van der Waals surface area (Å²) in [6.07, 6.45) is -0.0666. The summed E-state index contributed by atoms with van der Waals surface area (Å²) in [6, 6.07) is 6.86. The predicted octanol–water partition coefficient (Wildman–Crippen LogP) is 4.09. The minimum atomic E-state index is -0.459. The van der Waals surface area contributed by atoms with E-state index in [0.29, 0.717) is 12.3 Å². The lowest BCUT2D eigenvalue weighted by molar-refractivity contribution is 0.213. The quantitative estimate of drug-likeness (QED) is 0.842. The summed E-state index contributed by atoms with van der Waals surface area (Å²) in [5.74, 6) is 0.0515. The van der Waals surface area contributed by atoms with Crippen molar-refractivity contribution in [1.82, 2.24) is 0 Å². The van der Waals surface area contributed by atoms with E-state index in [1.54, 1.807) is 17.4 Å². The Labute approximate surface area is 107 Å². The smallest absolute Gasteiger partial charge is 0.150 e. The Morgan fingerprint density at radius 1 is 1.47 bits per heavy atom. The maximum atomic E-state index is 13.3. The van der Waals surface area contributed by atoms with Gasteiger partial charge in [-0.2, -0.15) is 0 Å². The summed E-state index contributed by atoms with van der Waals surface area (Å²) in [6.45, 7) is 0.662. The number of hydrogen-bond donors (Lipinski definition) is 1. The molecule has 0 spiro atoms. The van der Waals surface area contributed by atoms with Crippen LogP contribution in [-0.2, 0) is 0 Å². The molecule has 88 valence electrons. The van der Waals surface area contributed by atoms with Crippen LogP contribution in [0.4, 0.5) is 10.1 Å². The topological polar surface area (TPSA) is 21.3 Å². The van der Waals surface area contributed by atoms with E-state index in [2.05, 4.69) is 5.32 Å². The fourth-order valence-electron chi connectivity index (χ4n) is 1.79. The minimum absolute atomic E-state index is 0.0666. The molecule has 2 heterocycles. The monoisotopic (exact) mass is 269 g/mol. The first-order valence-electron chi connectivity index (χ1n) is 5.17. The highest BCUT2D eigenvalue weighted by Crippen LogP contribution is 2.38. The van der Waals surface area contributed by atoms with Crippen LogP contribution in [0, 0.1) is 5.82 Å². The van der Waals surface area contributed by atoms with Crippen molar-refractivity contribution >= 4 is 28.6 Å². The molecule has 0 saturated carbocycles. The molecule has 3 rings (SSSR count). The second-order valence-electron chi connectivity index (χ2n) is 3.77. The number of hydrogen-bond acceptors (Lipinski definition) is 3. The Morgan fingerprint density at radius 2 is 2.35 bits per heavy atom. The summed E-state index contributed by atoms with van der Waals surface area (Å²) in [5.41, 5.74) is 0.740. The molecule has 1 aliphatic rings. The number of thiophene rings is 1. The average Bonchev–Trinajstić information content (AvgIpc) is 2.83. The molecule has 1 aromatic carbocycles. The van der Waals surface area contributed by atoms with Crippen LogP contribution in [0.15, 0.2) is 29.6 Å². The van der Waals surface area contributed by atoms with E-state index in [1.165, 1.54) is 6.07 Å². The van der Waals surface area contributed by atoms with Gasteiger partial charge in [0.2, 0.25) is 0 Å². The SMILES string of the molecule is Fc1cc2c(cc1Cl)NCC(c1cccs1)O2. The van der Waals surface area contributed by atoms with Gasteiger partial charge in [-0.05, 0) is 17.5 Å². The zero-order valence-corrected chi connectivity index (χ0v) is 10.3. The van der Waals surface area contributed by atoms with E-state index >= 15 is 0 Å². The Balaban J connectivity index is 1.93. The van der Waals surface area contributed by atoms with Gasteiger partial charge < -0.3 is 10.1 Å². The van der Waals surface area contributed by atoms with Crippen LogP contribution in [0.5, 0.6) is 5.75 Å². The first kappa shape index (κ1) is 10.9. The maximum absolute atomic E-state index is 13.3. The highest BCUT2D eigenvalue weighted by molar-refractivity contribution is 7.10. The Kier molecular flexibility index (Phi) is 2.68. The molecule has 17 heavy (non-hydrogen) atoms. The zero-order valence-electron chi connectivity index (χ0n) is 8.74. The highest BCUT2D eigenvalue weighted by Gasteiger charge is 2.22. The highest BCUT2D eigenvalue weighted by atomic mass is 35.5. The van der Waals surface area contributed by atoms with E-state index in [-0.39, 0.29) is 11.1 Å². The molecular weight excluding hydrogens is 261 g/mol. The number of rotatable bonds is 1. The molecule has 0 amide bonds. The molecule has 0 radical (unpaired) electrons. The Hall–Kier alpha value is -1.26. The van der Waals surface area contributed by atoms with Gasteiger partial charge in [0.05, 0.1) is 17.3 Å². The number of benzene rings is 1. The van der Waals surface area contributed by atoms with Crippen molar-refractivity contribution in [2.75, 3.05) is 11.9 Å². The van der Waals surface area contributed by atoms with Crippen LogP contribution in [-0.4, -0.2) is 6.54 Å². The number of halogens is 2. The minimum Gasteiger partial charge on any atom is -0.481 e. The summed E-state index contributed by atoms with van der Waals surface area (Å²) in [7, 11) is 0. The predicted molar refractivity (Wildman–Crippen MR) is 67.6 cm³/mol. The number of fused-ring (bicyclic) bond motifs is 1. The van der Waals surface area contributed by atoms with Gasteiger partial charge in [-0.15, -0.1) is 11.3 Å². The van der Waals surface area contributed by atoms with E-state index in [0.717, 1.165) is 10.6 Å². The van der Waals surface area contributed by atoms with Crippen LogP contribution < -0.4 is 10.1 Å². The van der Waals surface area contributed by atoms with Crippen LogP contribution >= 0.6 is 22.9 Å². The van der Waals surface area contributed by atoms with Gasteiger partial charge in [0.25, 0.3) is 0 Å². The molecule has 1 unspecified atom stereocenters. The summed E-state index contributed by atoms with van der Waals surface area (Å²) >= 11 is 7.34. The molecule has 1 aromatic heterocycles. The fraction of sp³-hybridized carbons (Fsp3) is 0.167. The van der Waals surface area contributed by atoms with Crippen LogP contribution in [0.25, 0.3) is 0 Å². The molecule has 2 nitrogen and oxygen atoms in total. The van der Waals surface area contributed by atoms with Gasteiger partial charge >= 0.3 is 0 Å². The van der Waals surface area contributed by atoms with Gasteiger partial charge in [-0.25, -0.2) is 4.39 Å². The number of anilines is 1. The summed E-state index contributed by atoms with van der Waals surface area (Å²) < 4.78 is 19.1. The van der Waals surface area contributed by atoms with Gasteiger partial charge in [0.15, 0.2) is 6.10 Å². The van der Waals surface area contributed by atoms with Crippen molar-refractivity contribution < 1.29 is 9.13 Å². The van der Waals surface area contributed by atoms with Crippen molar-refractivity contribution in [1.29, 1.82) is 0 Å². The third-order valence-electron chi connectivity index (χ3n) is 2.63. The maximum Gasteiger partial charge on any atom is 0.150 e. The summed E-state index contributed by atoms with van der Waals surface area (Å²) in [5, 5.41) is 5.30. The summed E-state index contributed by atoms with van der Waals surface area (Å²) in [4.78, 5) is 1.12. The van der Waals surface area contributed by atoms with Crippen LogP contribution in [0.2, 0.25) is 5.02 Å². The second-order valence-corrected chi connectivity index (χ2v) is 5.15. The third kappa shape index (κ3) is 1.98. The number of ether oxygens (including phenoxy) is 1. The van der Waals surface area contributed by atoms with Crippen molar-refractivity contribution in [3.8, 4) is 5.75 Å². The largest absolute Gasteiger partial charge is 0.481 e. The average molecular weight is 270 g/mol. The molecule has 0 aliphatic carbocycles. The zero-order chi connectivity index (χ0) is 11.8. The molecule has 1 aliphatic heterocycles. The van der Waals surface area contributed by atoms with E-state index in [1.807, 2.05) is 17.5 Å². The lowest BCUT2D eigenvalue weighted by Crippen LogP contribution is -2.22. The second kappa shape index (κ2) is 4.20.